The summed E-state index contributed by atoms with van der Waals surface area (Å²) < 4.78 is 7.53. The van der Waals surface area contributed by atoms with E-state index in [2.05, 4.69) is 19.5 Å². The van der Waals surface area contributed by atoms with Crippen LogP contribution in [0.3, 0.4) is 0 Å². The molecule has 0 bridgehead atoms. The molecular formula is C16H15N5O2. The third kappa shape index (κ3) is 2.40. The molecule has 23 heavy (non-hydrogen) atoms. The van der Waals surface area contributed by atoms with Gasteiger partial charge in [-0.1, -0.05) is 0 Å². The van der Waals surface area contributed by atoms with Crippen molar-refractivity contribution in [2.24, 2.45) is 0 Å². The number of aryl methyl sites for hydroxylation is 1. The van der Waals surface area contributed by atoms with Crippen molar-refractivity contribution in [3.63, 3.8) is 0 Å². The summed E-state index contributed by atoms with van der Waals surface area (Å²) in [5.41, 5.74) is 2.09. The lowest BCUT2D eigenvalue weighted by atomic mass is 10.3. The van der Waals surface area contributed by atoms with E-state index in [0.717, 1.165) is 23.0 Å². The minimum Gasteiger partial charge on any atom is -0.463 e. The van der Waals surface area contributed by atoms with E-state index < -0.39 is 0 Å². The highest BCUT2D eigenvalue weighted by Crippen LogP contribution is 2.24. The van der Waals surface area contributed by atoms with Crippen molar-refractivity contribution in [2.75, 3.05) is 6.54 Å². The maximum Gasteiger partial charge on any atom is 0.274 e. The van der Waals surface area contributed by atoms with Crippen LogP contribution in [0.25, 0.3) is 11.5 Å². The van der Waals surface area contributed by atoms with Gasteiger partial charge in [0.15, 0.2) is 5.76 Å². The highest BCUT2D eigenvalue weighted by Gasteiger charge is 2.26. The molecule has 0 spiro atoms. The lowest BCUT2D eigenvalue weighted by Crippen LogP contribution is -2.39. The van der Waals surface area contributed by atoms with Gasteiger partial charge in [0.25, 0.3) is 5.91 Å². The van der Waals surface area contributed by atoms with Gasteiger partial charge in [-0.2, -0.15) is 0 Å². The molecule has 4 heterocycles. The molecule has 7 heteroatoms. The van der Waals surface area contributed by atoms with Crippen LogP contribution in [0.1, 0.15) is 22.0 Å². The summed E-state index contributed by atoms with van der Waals surface area (Å²) in [6.07, 6.45) is 6.55. The first-order valence-corrected chi connectivity index (χ1v) is 7.38. The molecule has 0 N–H and O–H groups in total. The first-order valence-electron chi connectivity index (χ1n) is 7.38. The molecule has 0 aromatic carbocycles. The topological polar surface area (TPSA) is 77.0 Å². The van der Waals surface area contributed by atoms with Crippen molar-refractivity contribution < 1.29 is 9.21 Å². The number of carbonyl (C=O) groups excluding carboxylic acids is 1. The average molecular weight is 309 g/mol. The van der Waals surface area contributed by atoms with Crippen molar-refractivity contribution in [2.45, 2.75) is 20.0 Å². The molecule has 116 valence electrons. The summed E-state index contributed by atoms with van der Waals surface area (Å²) in [4.78, 5) is 27.0. The summed E-state index contributed by atoms with van der Waals surface area (Å²) in [5.74, 6) is 1.51. The molecule has 3 aromatic rings. The first kappa shape index (κ1) is 13.7. The minimum atomic E-state index is -0.119. The fourth-order valence-electron chi connectivity index (χ4n) is 2.72. The number of fused-ring (bicyclic) bond motifs is 1. The summed E-state index contributed by atoms with van der Waals surface area (Å²) in [5, 5.41) is 0. The molecule has 1 amide bonds. The van der Waals surface area contributed by atoms with Crippen LogP contribution >= 0.6 is 0 Å². The molecule has 0 unspecified atom stereocenters. The Morgan fingerprint density at radius 1 is 1.17 bits per heavy atom. The highest BCUT2D eigenvalue weighted by molar-refractivity contribution is 5.92. The van der Waals surface area contributed by atoms with Gasteiger partial charge in [0, 0.05) is 19.3 Å². The smallest absolute Gasteiger partial charge is 0.274 e. The van der Waals surface area contributed by atoms with Crippen molar-refractivity contribution in [1.29, 1.82) is 0 Å². The molecule has 1 aliphatic rings. The third-order valence-corrected chi connectivity index (χ3v) is 3.92. The maximum absolute atomic E-state index is 12.5. The summed E-state index contributed by atoms with van der Waals surface area (Å²) in [6, 6.07) is 3.76. The predicted octanol–water partition coefficient (Wildman–Crippen LogP) is 1.90. The number of rotatable bonds is 2. The van der Waals surface area contributed by atoms with E-state index in [0.29, 0.717) is 25.3 Å². The summed E-state index contributed by atoms with van der Waals surface area (Å²) in [7, 11) is 0. The van der Waals surface area contributed by atoms with Crippen LogP contribution in [0.2, 0.25) is 0 Å². The standard InChI is InChI=1S/C16H15N5O2/c1-11-7-18-12(8-17-11)16(22)20-4-5-21-13(9-19-15(21)10-20)14-3-2-6-23-14/h2-3,6-9H,4-5,10H2,1H3. The number of hydrogen-bond acceptors (Lipinski definition) is 5. The van der Waals surface area contributed by atoms with E-state index in [1.807, 2.05) is 19.1 Å². The molecule has 0 radical (unpaired) electrons. The SMILES string of the molecule is Cc1cnc(C(=O)N2CCn3c(-c4ccco4)cnc3C2)cn1. The van der Waals surface area contributed by atoms with Crippen LogP contribution in [0.4, 0.5) is 0 Å². The summed E-state index contributed by atoms with van der Waals surface area (Å²) >= 11 is 0. The van der Waals surface area contributed by atoms with Gasteiger partial charge in [0.1, 0.15) is 17.2 Å². The Morgan fingerprint density at radius 2 is 2.09 bits per heavy atom. The Balaban J connectivity index is 1.57. The zero-order chi connectivity index (χ0) is 15.8. The Kier molecular flexibility index (Phi) is 3.18. The number of hydrogen-bond donors (Lipinski definition) is 0. The van der Waals surface area contributed by atoms with E-state index in [-0.39, 0.29) is 5.91 Å². The van der Waals surface area contributed by atoms with Crippen LogP contribution in [-0.4, -0.2) is 36.9 Å². The van der Waals surface area contributed by atoms with Gasteiger partial charge in [0.05, 0.1) is 30.9 Å². The quantitative estimate of drug-likeness (QED) is 0.722. The molecule has 0 saturated heterocycles. The van der Waals surface area contributed by atoms with Gasteiger partial charge in [-0.05, 0) is 19.1 Å². The number of imidazole rings is 1. The largest absolute Gasteiger partial charge is 0.463 e. The number of aromatic nitrogens is 4. The molecule has 0 atom stereocenters. The van der Waals surface area contributed by atoms with Gasteiger partial charge in [-0.25, -0.2) is 9.97 Å². The van der Waals surface area contributed by atoms with Crippen LogP contribution in [0, 0.1) is 6.92 Å². The van der Waals surface area contributed by atoms with Crippen LogP contribution in [-0.2, 0) is 13.1 Å². The Bertz CT molecular complexity index is 836. The zero-order valence-corrected chi connectivity index (χ0v) is 12.6. The van der Waals surface area contributed by atoms with Gasteiger partial charge in [-0.15, -0.1) is 0 Å². The van der Waals surface area contributed by atoms with Crippen molar-refractivity contribution >= 4 is 5.91 Å². The van der Waals surface area contributed by atoms with E-state index in [4.69, 9.17) is 4.42 Å². The van der Waals surface area contributed by atoms with Crippen LogP contribution < -0.4 is 0 Å². The Labute approximate surface area is 132 Å². The number of amides is 1. The van der Waals surface area contributed by atoms with Crippen molar-refractivity contribution in [1.82, 2.24) is 24.4 Å². The van der Waals surface area contributed by atoms with Gasteiger partial charge in [-0.3, -0.25) is 9.78 Å². The molecule has 4 rings (SSSR count). The van der Waals surface area contributed by atoms with E-state index >= 15 is 0 Å². The lowest BCUT2D eigenvalue weighted by molar-refractivity contribution is 0.0701. The molecule has 0 fully saturated rings. The van der Waals surface area contributed by atoms with Crippen LogP contribution in [0.15, 0.2) is 41.4 Å². The number of furan rings is 1. The molecule has 7 nitrogen and oxygen atoms in total. The number of nitrogens with zero attached hydrogens (tertiary/aromatic N) is 5. The number of carbonyl (C=O) groups is 1. The third-order valence-electron chi connectivity index (χ3n) is 3.92. The lowest BCUT2D eigenvalue weighted by Gasteiger charge is -2.28. The Hall–Kier alpha value is -2.96. The molecular weight excluding hydrogens is 294 g/mol. The Morgan fingerprint density at radius 3 is 2.83 bits per heavy atom. The van der Waals surface area contributed by atoms with Crippen molar-refractivity contribution in [3.05, 3.63) is 54.2 Å². The van der Waals surface area contributed by atoms with E-state index in [9.17, 15) is 4.79 Å². The molecule has 1 aliphatic heterocycles. The summed E-state index contributed by atoms with van der Waals surface area (Å²) in [6.45, 7) is 3.58. The second kappa shape index (κ2) is 5.35. The van der Waals surface area contributed by atoms with E-state index in [1.54, 1.807) is 23.6 Å². The van der Waals surface area contributed by atoms with E-state index in [1.165, 1.54) is 6.20 Å². The maximum atomic E-state index is 12.5. The molecule has 0 saturated carbocycles. The molecule has 3 aromatic heterocycles. The van der Waals surface area contributed by atoms with Crippen LogP contribution in [0.5, 0.6) is 0 Å². The second-order valence-electron chi connectivity index (χ2n) is 5.46. The fraction of sp³-hybridized carbons (Fsp3) is 0.250. The fourth-order valence-corrected chi connectivity index (χ4v) is 2.72. The van der Waals surface area contributed by atoms with Gasteiger partial charge < -0.3 is 13.9 Å². The normalized spacial score (nSPS) is 13.9. The minimum absolute atomic E-state index is 0.119. The monoisotopic (exact) mass is 309 g/mol. The average Bonchev–Trinajstić information content (AvgIpc) is 3.23. The predicted molar refractivity (Wildman–Crippen MR) is 81.4 cm³/mol. The van der Waals surface area contributed by atoms with Crippen molar-refractivity contribution in [3.8, 4) is 11.5 Å². The van der Waals surface area contributed by atoms with Gasteiger partial charge >= 0.3 is 0 Å². The first-order chi connectivity index (χ1) is 11.2. The highest BCUT2D eigenvalue weighted by atomic mass is 16.3. The zero-order valence-electron chi connectivity index (χ0n) is 12.6. The molecule has 0 aliphatic carbocycles. The van der Waals surface area contributed by atoms with Gasteiger partial charge in [0.2, 0.25) is 0 Å². The second-order valence-corrected chi connectivity index (χ2v) is 5.46.